The van der Waals surface area contributed by atoms with Gasteiger partial charge in [0.15, 0.2) is 5.78 Å². The molecule has 20 heavy (non-hydrogen) atoms. The topological polar surface area (TPSA) is 53.9 Å². The second kappa shape index (κ2) is 5.80. The minimum atomic E-state index is 0.195. The van der Waals surface area contributed by atoms with Crippen molar-refractivity contribution in [2.24, 2.45) is 5.92 Å². The van der Waals surface area contributed by atoms with Gasteiger partial charge in [-0.15, -0.1) is 0 Å². The molecule has 1 atom stereocenters. The van der Waals surface area contributed by atoms with E-state index in [0.29, 0.717) is 6.42 Å². The van der Waals surface area contributed by atoms with Crippen LogP contribution < -0.4 is 5.73 Å². The van der Waals surface area contributed by atoms with Crippen LogP contribution in [-0.2, 0) is 9.53 Å². The first-order chi connectivity index (χ1) is 9.49. The van der Waals surface area contributed by atoms with Gasteiger partial charge in [-0.3, -0.25) is 4.79 Å². The van der Waals surface area contributed by atoms with Crippen molar-refractivity contribution in [2.75, 3.05) is 13.7 Å². The number of hydrogen-bond acceptors (Lipinski definition) is 2. The van der Waals surface area contributed by atoms with Crippen LogP contribution in [0.2, 0.25) is 0 Å². The van der Waals surface area contributed by atoms with Crippen molar-refractivity contribution in [3.05, 3.63) is 40.1 Å². The third-order valence-corrected chi connectivity index (χ3v) is 4.03. The van der Waals surface area contributed by atoms with Crippen LogP contribution in [0.15, 0.2) is 17.9 Å². The fraction of sp³-hybridized carbons (Fsp3) is 0.471. The average molecular weight is 274 g/mol. The number of ketones is 1. The lowest BCUT2D eigenvalue weighted by Crippen LogP contribution is -2.50. The summed E-state index contributed by atoms with van der Waals surface area (Å²) in [7, 11) is 1.67. The van der Waals surface area contributed by atoms with Gasteiger partial charge in [-0.25, -0.2) is 0 Å². The smallest absolute Gasteiger partial charge is 0.167 e. The van der Waals surface area contributed by atoms with Gasteiger partial charge in [-0.05, 0) is 37.5 Å². The van der Waals surface area contributed by atoms with Crippen molar-refractivity contribution in [1.29, 1.82) is 0 Å². The van der Waals surface area contributed by atoms with E-state index in [9.17, 15) is 4.79 Å². The molecule has 0 bridgehead atoms. The first-order valence-electron chi connectivity index (χ1n) is 7.18. The molecule has 3 N–H and O–H groups in total. The Kier molecular flexibility index (Phi) is 4.29. The second-order valence-electron chi connectivity index (χ2n) is 5.68. The van der Waals surface area contributed by atoms with Crippen LogP contribution in [0.5, 0.6) is 0 Å². The molecule has 1 aliphatic rings. The number of Topliss-reactive ketones (excluding diaryl/α,β-unsaturated/α-hetero) is 1. The van der Waals surface area contributed by atoms with Crippen LogP contribution in [0, 0.1) is 26.7 Å². The maximum absolute atomic E-state index is 12.5. The van der Waals surface area contributed by atoms with Gasteiger partial charge in [0.1, 0.15) is 5.76 Å². The van der Waals surface area contributed by atoms with E-state index in [1.54, 1.807) is 7.11 Å². The van der Waals surface area contributed by atoms with Gasteiger partial charge in [0.2, 0.25) is 0 Å². The van der Waals surface area contributed by atoms with Crippen molar-refractivity contribution in [3.8, 4) is 0 Å². The van der Waals surface area contributed by atoms with Crippen LogP contribution in [-0.4, -0.2) is 19.4 Å². The monoisotopic (exact) mass is 274 g/mol. The summed E-state index contributed by atoms with van der Waals surface area (Å²) in [5, 5.41) is 0. The number of benzene rings is 1. The molecule has 0 aromatic heterocycles. The van der Waals surface area contributed by atoms with Gasteiger partial charge in [0, 0.05) is 18.8 Å². The minimum absolute atomic E-state index is 0.195. The fourth-order valence-corrected chi connectivity index (χ4v) is 3.35. The zero-order valence-corrected chi connectivity index (χ0v) is 12.9. The minimum Gasteiger partial charge on any atom is -0.500 e. The molecule has 1 aliphatic carbocycles. The molecule has 3 nitrogen and oxygen atoms in total. The molecule has 0 fully saturated rings. The zero-order valence-electron chi connectivity index (χ0n) is 12.9. The number of hydrogen-bond donors (Lipinski definition) is 1. The second-order valence-corrected chi connectivity index (χ2v) is 5.68. The molecule has 1 aromatic carbocycles. The van der Waals surface area contributed by atoms with Crippen molar-refractivity contribution in [1.82, 2.24) is 0 Å². The van der Waals surface area contributed by atoms with Crippen LogP contribution in [0.4, 0.5) is 0 Å². The highest BCUT2D eigenvalue weighted by Gasteiger charge is 2.35. The van der Waals surface area contributed by atoms with Crippen molar-refractivity contribution in [2.45, 2.75) is 33.6 Å². The zero-order chi connectivity index (χ0) is 14.9. The highest BCUT2D eigenvalue weighted by Crippen LogP contribution is 2.39. The third kappa shape index (κ3) is 2.50. The number of carbonyl (C=O) groups is 1. The molecule has 0 aliphatic heterocycles. The van der Waals surface area contributed by atoms with E-state index < -0.39 is 0 Å². The number of carbonyl (C=O) groups excluding carboxylic acids is 1. The Hall–Kier alpha value is -1.61. The Bertz CT molecular complexity index is 549. The number of rotatable bonds is 4. The molecule has 2 rings (SSSR count). The van der Waals surface area contributed by atoms with Crippen molar-refractivity contribution in [3.63, 3.8) is 0 Å². The highest BCUT2D eigenvalue weighted by atomic mass is 16.5. The Morgan fingerprint density at radius 2 is 1.85 bits per heavy atom. The van der Waals surface area contributed by atoms with Crippen LogP contribution in [0.25, 0.3) is 5.57 Å². The largest absolute Gasteiger partial charge is 0.500 e. The van der Waals surface area contributed by atoms with E-state index in [1.165, 1.54) is 5.56 Å². The summed E-state index contributed by atoms with van der Waals surface area (Å²) >= 11 is 0. The average Bonchev–Trinajstić information content (AvgIpc) is 2.65. The summed E-state index contributed by atoms with van der Waals surface area (Å²) in [6, 6.07) is 4.26. The molecule has 1 aromatic rings. The summed E-state index contributed by atoms with van der Waals surface area (Å²) in [4.78, 5) is 12.5. The van der Waals surface area contributed by atoms with Gasteiger partial charge in [0.25, 0.3) is 0 Å². The van der Waals surface area contributed by atoms with Gasteiger partial charge < -0.3 is 10.5 Å². The third-order valence-electron chi connectivity index (χ3n) is 4.03. The maximum Gasteiger partial charge on any atom is 0.167 e. The summed E-state index contributed by atoms with van der Waals surface area (Å²) in [5.41, 5.74) is 9.27. The van der Waals surface area contributed by atoms with Gasteiger partial charge in [-0.2, -0.15) is 0 Å². The molecule has 0 radical (unpaired) electrons. The predicted molar refractivity (Wildman–Crippen MR) is 80.1 cm³/mol. The Morgan fingerprint density at radius 1 is 1.25 bits per heavy atom. The number of quaternary nitrogens is 1. The molecule has 3 heteroatoms. The number of methoxy groups -OCH3 is 1. The van der Waals surface area contributed by atoms with Gasteiger partial charge >= 0.3 is 0 Å². The van der Waals surface area contributed by atoms with Crippen LogP contribution in [0.1, 0.15) is 35.1 Å². The standard InChI is InChI=1S/C17H23NO2/c1-10-7-11(2)15(12(3)8-10)16-14(19)9-13(5-6-18)17(16)20-4/h7-8,13H,5-6,9,18H2,1-4H3/p+1. The van der Waals surface area contributed by atoms with Crippen molar-refractivity contribution >= 4 is 11.4 Å². The molecule has 0 saturated carbocycles. The first kappa shape index (κ1) is 14.8. The lowest BCUT2D eigenvalue weighted by atomic mass is 9.92. The Labute approximate surface area is 120 Å². The summed E-state index contributed by atoms with van der Waals surface area (Å²) in [6.07, 6.45) is 1.46. The predicted octanol–water partition coefficient (Wildman–Crippen LogP) is 2.19. The highest BCUT2D eigenvalue weighted by molar-refractivity contribution is 6.24. The quantitative estimate of drug-likeness (QED) is 0.915. The molecule has 0 heterocycles. The van der Waals surface area contributed by atoms with E-state index in [0.717, 1.165) is 41.0 Å². The van der Waals surface area contributed by atoms with Crippen LogP contribution >= 0.6 is 0 Å². The van der Waals surface area contributed by atoms with Gasteiger partial charge in [0.05, 0.1) is 19.2 Å². The number of ether oxygens (including phenoxy) is 1. The molecular weight excluding hydrogens is 250 g/mol. The van der Waals surface area contributed by atoms with E-state index in [4.69, 9.17) is 4.74 Å². The van der Waals surface area contributed by atoms with E-state index >= 15 is 0 Å². The summed E-state index contributed by atoms with van der Waals surface area (Å²) < 4.78 is 5.59. The Morgan fingerprint density at radius 3 is 2.35 bits per heavy atom. The normalized spacial score (nSPS) is 18.9. The summed E-state index contributed by atoms with van der Waals surface area (Å²) in [5.74, 6) is 1.25. The van der Waals surface area contributed by atoms with Gasteiger partial charge in [-0.1, -0.05) is 17.7 Å². The maximum atomic E-state index is 12.5. The molecular formula is C17H24NO2+. The molecule has 0 spiro atoms. The Balaban J connectivity index is 2.59. The molecule has 108 valence electrons. The van der Waals surface area contributed by atoms with E-state index in [-0.39, 0.29) is 11.7 Å². The summed E-state index contributed by atoms with van der Waals surface area (Å²) in [6.45, 7) is 7.04. The number of aryl methyl sites for hydroxylation is 3. The molecule has 0 saturated heterocycles. The van der Waals surface area contributed by atoms with Crippen molar-refractivity contribution < 1.29 is 15.3 Å². The SMILES string of the molecule is COC1=C(c2c(C)cc(C)cc2C)C(=O)CC1CC[NH3+]. The lowest BCUT2D eigenvalue weighted by molar-refractivity contribution is -0.369. The molecule has 1 unspecified atom stereocenters. The van der Waals surface area contributed by atoms with E-state index in [1.807, 2.05) is 0 Å². The molecule has 0 amide bonds. The van der Waals surface area contributed by atoms with Crippen LogP contribution in [0.3, 0.4) is 0 Å². The number of allylic oxidation sites excluding steroid dienone is 2. The lowest BCUT2D eigenvalue weighted by Gasteiger charge is -2.15. The fourth-order valence-electron chi connectivity index (χ4n) is 3.35. The van der Waals surface area contributed by atoms with E-state index in [2.05, 4.69) is 38.6 Å². The first-order valence-corrected chi connectivity index (χ1v) is 7.18.